The van der Waals surface area contributed by atoms with Gasteiger partial charge in [0.05, 0.1) is 0 Å². The zero-order valence-electron chi connectivity index (χ0n) is 10.4. The molecule has 5 nitrogen and oxygen atoms in total. The molecule has 19 heavy (non-hydrogen) atoms. The van der Waals surface area contributed by atoms with Gasteiger partial charge in [0, 0.05) is 0 Å². The van der Waals surface area contributed by atoms with E-state index in [9.17, 15) is 26.4 Å². The number of hydrogen-bond acceptors (Lipinski definition) is 4. The van der Waals surface area contributed by atoms with Gasteiger partial charge in [0.2, 0.25) is 6.10 Å². The highest BCUT2D eigenvalue weighted by Crippen LogP contribution is 2.32. The second-order valence-electron chi connectivity index (χ2n) is 4.41. The largest absolute Gasteiger partial charge is 0.450 e. The van der Waals surface area contributed by atoms with Gasteiger partial charge in [-0.05, 0) is 12.8 Å². The molecule has 0 saturated carbocycles. The smallest absolute Gasteiger partial charge is 0.426 e. The molecule has 0 aliphatic carbocycles. The number of carbonyl (C=O) groups is 1. The minimum absolute atomic E-state index is 0.319. The van der Waals surface area contributed by atoms with Crippen LogP contribution in [0, 0.1) is 5.92 Å². The van der Waals surface area contributed by atoms with Crippen LogP contribution in [0.5, 0.6) is 0 Å². The monoisotopic (exact) mass is 418 g/mol. The number of rotatable bonds is 5. The summed E-state index contributed by atoms with van der Waals surface area (Å²) in [7, 11) is -4.92. The fourth-order valence-corrected chi connectivity index (χ4v) is 1.63. The minimum Gasteiger partial charge on any atom is -0.450 e. The van der Waals surface area contributed by atoms with Crippen LogP contribution in [0.25, 0.3) is 0 Å². The Kier molecular flexibility index (Phi) is 6.09. The first-order valence-electron chi connectivity index (χ1n) is 5.09. The zero-order chi connectivity index (χ0) is 15.6. The third-order valence-electron chi connectivity index (χ3n) is 2.46. The van der Waals surface area contributed by atoms with E-state index in [4.69, 9.17) is 4.55 Å². The van der Waals surface area contributed by atoms with Crippen molar-refractivity contribution in [2.45, 2.75) is 36.5 Å². The maximum Gasteiger partial charge on any atom is 0.426 e. The van der Waals surface area contributed by atoms with Gasteiger partial charge in [-0.25, -0.2) is 0 Å². The van der Waals surface area contributed by atoms with Gasteiger partial charge in [-0.3, -0.25) is 9.35 Å². The molecule has 1 N–H and O–H groups in total. The molecule has 0 spiro atoms. The summed E-state index contributed by atoms with van der Waals surface area (Å²) in [5.74, 6) is -3.22. The third kappa shape index (κ3) is 6.25. The summed E-state index contributed by atoms with van der Waals surface area (Å²) in [4.78, 5) is 11.6. The highest BCUT2D eigenvalue weighted by molar-refractivity contribution is 14.1. The van der Waals surface area contributed by atoms with Crippen molar-refractivity contribution in [2.75, 3.05) is 5.75 Å². The lowest BCUT2D eigenvalue weighted by atomic mass is 9.98. The summed E-state index contributed by atoms with van der Waals surface area (Å²) >= 11 is 1.64. The number of carbonyl (C=O) groups excluding carboxylic acids is 1. The van der Waals surface area contributed by atoms with Crippen molar-refractivity contribution < 1.29 is 35.7 Å². The van der Waals surface area contributed by atoms with Gasteiger partial charge in [-0.1, -0.05) is 36.4 Å². The average Bonchev–Trinajstić information content (AvgIpc) is 2.12. The van der Waals surface area contributed by atoms with E-state index in [1.807, 2.05) is 0 Å². The molecule has 2 atom stereocenters. The van der Waals surface area contributed by atoms with E-state index < -0.39 is 37.5 Å². The molecule has 0 fully saturated rings. The molecule has 114 valence electrons. The molecular weight excluding hydrogens is 404 g/mol. The van der Waals surface area contributed by atoms with Crippen LogP contribution in [-0.4, -0.2) is 40.4 Å². The van der Waals surface area contributed by atoms with Crippen molar-refractivity contribution in [1.82, 2.24) is 0 Å². The molecule has 0 heterocycles. The lowest BCUT2D eigenvalue weighted by molar-refractivity contribution is -0.216. The Bertz CT molecular complexity index is 430. The molecular formula is C9H14F3IO5S. The Morgan fingerprint density at radius 1 is 1.37 bits per heavy atom. The summed E-state index contributed by atoms with van der Waals surface area (Å²) in [6, 6.07) is 0. The molecule has 0 radical (unpaired) electrons. The second-order valence-corrected chi connectivity index (χ2v) is 8.15. The molecule has 0 aliphatic heterocycles. The number of hydrogen-bond donors (Lipinski definition) is 1. The van der Waals surface area contributed by atoms with Gasteiger partial charge >= 0.3 is 12.1 Å². The first-order chi connectivity index (χ1) is 8.18. The summed E-state index contributed by atoms with van der Waals surface area (Å²) in [6.07, 6.45) is -7.96. The van der Waals surface area contributed by atoms with E-state index in [1.54, 1.807) is 36.4 Å². The van der Waals surface area contributed by atoms with Gasteiger partial charge in [0.15, 0.2) is 0 Å². The molecule has 0 aliphatic rings. The molecule has 0 rings (SSSR count). The maximum absolute atomic E-state index is 12.5. The van der Waals surface area contributed by atoms with Crippen molar-refractivity contribution in [2.24, 2.45) is 5.92 Å². The number of alkyl halides is 4. The van der Waals surface area contributed by atoms with Gasteiger partial charge in [0.1, 0.15) is 9.17 Å². The van der Waals surface area contributed by atoms with Gasteiger partial charge in [-0.2, -0.15) is 21.6 Å². The Morgan fingerprint density at radius 2 is 1.79 bits per heavy atom. The molecule has 0 aromatic heterocycles. The van der Waals surface area contributed by atoms with Crippen molar-refractivity contribution in [3.05, 3.63) is 0 Å². The van der Waals surface area contributed by atoms with Gasteiger partial charge in [-0.15, -0.1) is 0 Å². The van der Waals surface area contributed by atoms with Crippen LogP contribution in [0.3, 0.4) is 0 Å². The summed E-state index contributed by atoms with van der Waals surface area (Å²) in [6.45, 7) is 4.60. The Hall–Kier alpha value is -0.100. The fourth-order valence-electron chi connectivity index (χ4n) is 0.867. The maximum atomic E-state index is 12.5. The van der Waals surface area contributed by atoms with Crippen LogP contribution in [0.2, 0.25) is 0 Å². The highest BCUT2D eigenvalue weighted by atomic mass is 127. The van der Waals surface area contributed by atoms with E-state index >= 15 is 0 Å². The standard InChI is InChI=1S/C9H14F3IO5S/c1-5(2)8(3,13)7(14)18-6(9(10,11)12)4-19(15,16)17/h5-6H,4H2,1-3H3,(H,15,16,17). The second kappa shape index (κ2) is 6.12. The average molecular weight is 418 g/mol. The number of halogens is 4. The van der Waals surface area contributed by atoms with Gasteiger partial charge < -0.3 is 4.74 Å². The predicted octanol–water partition coefficient (Wildman–Crippen LogP) is 2.20. The Balaban J connectivity index is 5.11. The van der Waals surface area contributed by atoms with Crippen LogP contribution in [-0.2, 0) is 19.6 Å². The molecule has 0 aromatic rings. The SMILES string of the molecule is CC(C)C(C)(I)C(=O)OC(CS(=O)(=O)O)C(F)(F)F. The van der Waals surface area contributed by atoms with Gasteiger partial charge in [0.25, 0.3) is 10.1 Å². The van der Waals surface area contributed by atoms with E-state index in [2.05, 4.69) is 4.74 Å². The molecule has 0 aromatic carbocycles. The van der Waals surface area contributed by atoms with E-state index in [-0.39, 0.29) is 5.92 Å². The summed E-state index contributed by atoms with van der Waals surface area (Å²) in [5.41, 5.74) is 0. The van der Waals surface area contributed by atoms with Crippen molar-refractivity contribution in [1.29, 1.82) is 0 Å². The fraction of sp³-hybridized carbons (Fsp3) is 0.889. The molecule has 0 amide bonds. The molecule has 0 bridgehead atoms. The Morgan fingerprint density at radius 3 is 2.05 bits per heavy atom. The van der Waals surface area contributed by atoms with E-state index in [0.717, 1.165) is 0 Å². The van der Waals surface area contributed by atoms with Crippen LogP contribution in [0.1, 0.15) is 20.8 Å². The Labute approximate surface area is 122 Å². The van der Waals surface area contributed by atoms with Crippen LogP contribution >= 0.6 is 22.6 Å². The molecule has 10 heteroatoms. The summed E-state index contributed by atoms with van der Waals surface area (Å²) < 4.78 is 70.1. The van der Waals surface area contributed by atoms with E-state index in [0.29, 0.717) is 0 Å². The van der Waals surface area contributed by atoms with Crippen LogP contribution < -0.4 is 0 Å². The van der Waals surface area contributed by atoms with Crippen molar-refractivity contribution in [3.63, 3.8) is 0 Å². The normalized spacial score (nSPS) is 17.9. The number of esters is 1. The van der Waals surface area contributed by atoms with Crippen molar-refractivity contribution >= 4 is 38.7 Å². The van der Waals surface area contributed by atoms with Crippen molar-refractivity contribution in [3.8, 4) is 0 Å². The first kappa shape index (κ1) is 18.9. The molecule has 2 unspecified atom stereocenters. The quantitative estimate of drug-likeness (QED) is 0.321. The lowest BCUT2D eigenvalue weighted by Crippen LogP contribution is -2.45. The minimum atomic E-state index is -5.07. The summed E-state index contributed by atoms with van der Waals surface area (Å²) in [5, 5.41) is 0. The topological polar surface area (TPSA) is 80.7 Å². The predicted molar refractivity (Wildman–Crippen MR) is 69.6 cm³/mol. The number of ether oxygens (including phenoxy) is 1. The first-order valence-corrected chi connectivity index (χ1v) is 7.78. The lowest BCUT2D eigenvalue weighted by Gasteiger charge is -2.28. The van der Waals surface area contributed by atoms with E-state index in [1.165, 1.54) is 6.92 Å². The molecule has 0 saturated heterocycles. The highest BCUT2D eigenvalue weighted by Gasteiger charge is 2.48. The van der Waals surface area contributed by atoms with Crippen LogP contribution in [0.4, 0.5) is 13.2 Å². The van der Waals surface area contributed by atoms with Crippen LogP contribution in [0.15, 0.2) is 0 Å². The third-order valence-corrected chi connectivity index (χ3v) is 4.87. The zero-order valence-corrected chi connectivity index (χ0v) is 13.3.